The van der Waals surface area contributed by atoms with E-state index in [0.717, 1.165) is 15.2 Å². The number of aromatic nitrogens is 2. The first-order valence-electron chi connectivity index (χ1n) is 8.12. The van der Waals surface area contributed by atoms with E-state index in [1.165, 1.54) is 12.3 Å². The Kier molecular flexibility index (Phi) is 5.48. The number of fused-ring (bicyclic) bond motifs is 1. The molecule has 0 atom stereocenters. The Morgan fingerprint density at radius 1 is 1.36 bits per heavy atom. The van der Waals surface area contributed by atoms with Crippen molar-refractivity contribution in [3.05, 3.63) is 71.7 Å². The molecule has 0 radical (unpaired) electrons. The molecular formula is C18H14BrClN4O4. The number of rotatable bonds is 4. The molecule has 0 saturated heterocycles. The summed E-state index contributed by atoms with van der Waals surface area (Å²) in [6.07, 6.45) is 1.26. The minimum atomic E-state index is -0.751. The SMILES string of the molecule is CC(C)c1nc2ccc(Br)cc2c(=O)n1N=Cc1cc(Cl)c(O)c([N+](=O)[O-])c1. The molecule has 1 N–H and O–H groups in total. The van der Waals surface area contributed by atoms with Crippen molar-refractivity contribution in [2.45, 2.75) is 19.8 Å². The molecule has 0 aliphatic carbocycles. The molecule has 144 valence electrons. The summed E-state index contributed by atoms with van der Waals surface area (Å²) in [7, 11) is 0. The number of hydrogen-bond acceptors (Lipinski definition) is 6. The summed E-state index contributed by atoms with van der Waals surface area (Å²) in [6.45, 7) is 3.75. The summed E-state index contributed by atoms with van der Waals surface area (Å²) >= 11 is 9.19. The van der Waals surface area contributed by atoms with Crippen molar-refractivity contribution >= 4 is 50.3 Å². The lowest BCUT2D eigenvalue weighted by molar-refractivity contribution is -0.385. The molecular weight excluding hydrogens is 452 g/mol. The number of nitro groups is 1. The van der Waals surface area contributed by atoms with E-state index < -0.39 is 16.4 Å². The number of nitro benzene ring substituents is 1. The van der Waals surface area contributed by atoms with Crippen LogP contribution in [0.1, 0.15) is 31.2 Å². The summed E-state index contributed by atoms with van der Waals surface area (Å²) in [5.74, 6) is -0.285. The fourth-order valence-electron chi connectivity index (χ4n) is 2.59. The van der Waals surface area contributed by atoms with Crippen molar-refractivity contribution in [2.24, 2.45) is 5.10 Å². The largest absolute Gasteiger partial charge is 0.501 e. The molecule has 28 heavy (non-hydrogen) atoms. The Morgan fingerprint density at radius 3 is 2.71 bits per heavy atom. The monoisotopic (exact) mass is 464 g/mol. The number of phenolic OH excluding ortho intramolecular Hbond substituents is 1. The molecule has 0 aliphatic heterocycles. The van der Waals surface area contributed by atoms with Crippen LogP contribution in [0.15, 0.2) is 44.7 Å². The second-order valence-corrected chi connectivity index (χ2v) is 7.60. The van der Waals surface area contributed by atoms with Gasteiger partial charge in [0.2, 0.25) is 5.75 Å². The zero-order valence-electron chi connectivity index (χ0n) is 14.8. The van der Waals surface area contributed by atoms with Crippen molar-refractivity contribution in [2.75, 3.05) is 0 Å². The number of phenols is 1. The average Bonchev–Trinajstić information content (AvgIpc) is 2.63. The van der Waals surface area contributed by atoms with E-state index >= 15 is 0 Å². The molecule has 3 rings (SSSR count). The molecule has 10 heteroatoms. The van der Waals surface area contributed by atoms with Gasteiger partial charge in [0, 0.05) is 22.0 Å². The van der Waals surface area contributed by atoms with Gasteiger partial charge < -0.3 is 5.11 Å². The first-order valence-corrected chi connectivity index (χ1v) is 9.29. The Bertz CT molecular complexity index is 1190. The molecule has 1 aromatic heterocycles. The minimum Gasteiger partial charge on any atom is -0.501 e. The fourth-order valence-corrected chi connectivity index (χ4v) is 3.18. The van der Waals surface area contributed by atoms with Gasteiger partial charge in [0.25, 0.3) is 5.56 Å². The van der Waals surface area contributed by atoms with E-state index in [9.17, 15) is 20.0 Å². The number of aromatic hydroxyl groups is 1. The lowest BCUT2D eigenvalue weighted by Crippen LogP contribution is -2.23. The minimum absolute atomic E-state index is 0.101. The molecule has 0 aliphatic rings. The predicted octanol–water partition coefficient (Wildman–Crippen LogP) is 4.43. The summed E-state index contributed by atoms with van der Waals surface area (Å²) in [5.41, 5.74) is -0.117. The normalized spacial score (nSPS) is 11.6. The predicted molar refractivity (Wildman–Crippen MR) is 111 cm³/mol. The van der Waals surface area contributed by atoms with E-state index in [4.69, 9.17) is 11.6 Å². The van der Waals surface area contributed by atoms with Gasteiger partial charge in [-0.25, -0.2) is 4.98 Å². The fraction of sp³-hybridized carbons (Fsp3) is 0.167. The smallest absolute Gasteiger partial charge is 0.312 e. The second-order valence-electron chi connectivity index (χ2n) is 6.28. The second kappa shape index (κ2) is 7.69. The standard InChI is InChI=1S/C18H14BrClN4O4/c1-9(2)17-22-14-4-3-11(19)7-12(14)18(26)23(17)21-8-10-5-13(20)16(25)15(6-10)24(27)28/h3-9,25H,1-2H3. The van der Waals surface area contributed by atoms with Crippen LogP contribution >= 0.6 is 27.5 Å². The molecule has 0 saturated carbocycles. The number of hydrogen-bond donors (Lipinski definition) is 1. The van der Waals surface area contributed by atoms with Gasteiger partial charge in [-0.2, -0.15) is 9.78 Å². The van der Waals surface area contributed by atoms with E-state index in [1.807, 2.05) is 13.8 Å². The third kappa shape index (κ3) is 3.76. The van der Waals surface area contributed by atoms with Crippen LogP contribution in [0.4, 0.5) is 5.69 Å². The Balaban J connectivity index is 2.19. The summed E-state index contributed by atoms with van der Waals surface area (Å²) in [5, 5.41) is 25.1. The molecule has 0 bridgehead atoms. The van der Waals surface area contributed by atoms with Crippen LogP contribution in [0.2, 0.25) is 5.02 Å². The topological polar surface area (TPSA) is 111 Å². The summed E-state index contributed by atoms with van der Waals surface area (Å²) in [6, 6.07) is 7.63. The molecule has 2 aromatic carbocycles. The first-order chi connectivity index (χ1) is 13.2. The van der Waals surface area contributed by atoms with Gasteiger partial charge in [0.15, 0.2) is 0 Å². The van der Waals surface area contributed by atoms with Gasteiger partial charge in [-0.3, -0.25) is 14.9 Å². The number of halogens is 2. The van der Waals surface area contributed by atoms with Crippen molar-refractivity contribution in [3.63, 3.8) is 0 Å². The lowest BCUT2D eigenvalue weighted by atomic mass is 10.2. The van der Waals surface area contributed by atoms with Crippen LogP contribution in [0.3, 0.4) is 0 Å². The molecule has 0 spiro atoms. The van der Waals surface area contributed by atoms with Crippen LogP contribution in [0.25, 0.3) is 10.9 Å². The lowest BCUT2D eigenvalue weighted by Gasteiger charge is -2.12. The highest BCUT2D eigenvalue weighted by molar-refractivity contribution is 9.10. The summed E-state index contributed by atoms with van der Waals surface area (Å²) in [4.78, 5) is 27.8. The van der Waals surface area contributed by atoms with Gasteiger partial charge >= 0.3 is 5.69 Å². The highest BCUT2D eigenvalue weighted by atomic mass is 79.9. The first kappa shape index (κ1) is 20.0. The van der Waals surface area contributed by atoms with Crippen molar-refractivity contribution in [1.82, 2.24) is 9.66 Å². The number of benzene rings is 2. The van der Waals surface area contributed by atoms with Crippen LogP contribution in [-0.4, -0.2) is 25.9 Å². The maximum atomic E-state index is 12.9. The van der Waals surface area contributed by atoms with Crippen LogP contribution in [-0.2, 0) is 0 Å². The third-order valence-electron chi connectivity index (χ3n) is 3.93. The zero-order chi connectivity index (χ0) is 20.6. The van der Waals surface area contributed by atoms with E-state index in [1.54, 1.807) is 18.2 Å². The van der Waals surface area contributed by atoms with Crippen molar-refractivity contribution in [1.29, 1.82) is 0 Å². The van der Waals surface area contributed by atoms with Gasteiger partial charge in [-0.05, 0) is 24.3 Å². The number of nitrogens with zero attached hydrogens (tertiary/aromatic N) is 4. The Morgan fingerprint density at radius 2 is 2.07 bits per heavy atom. The molecule has 0 unspecified atom stereocenters. The maximum Gasteiger partial charge on any atom is 0.312 e. The molecule has 0 amide bonds. The van der Waals surface area contributed by atoms with E-state index in [2.05, 4.69) is 26.0 Å². The van der Waals surface area contributed by atoms with Gasteiger partial charge in [0.05, 0.1) is 27.1 Å². The Labute approximate surface area is 172 Å². The highest BCUT2D eigenvalue weighted by Gasteiger charge is 2.18. The molecule has 8 nitrogen and oxygen atoms in total. The third-order valence-corrected chi connectivity index (χ3v) is 4.72. The average molecular weight is 466 g/mol. The van der Waals surface area contributed by atoms with Gasteiger partial charge in [-0.1, -0.05) is 41.4 Å². The Hall–Kier alpha value is -2.78. The zero-order valence-corrected chi connectivity index (χ0v) is 17.1. The van der Waals surface area contributed by atoms with Crippen LogP contribution in [0, 0.1) is 10.1 Å². The van der Waals surface area contributed by atoms with Crippen LogP contribution < -0.4 is 5.56 Å². The van der Waals surface area contributed by atoms with E-state index in [0.29, 0.717) is 16.7 Å². The van der Waals surface area contributed by atoms with E-state index in [-0.39, 0.29) is 22.1 Å². The van der Waals surface area contributed by atoms with Gasteiger partial charge in [0.1, 0.15) is 5.82 Å². The maximum absolute atomic E-state index is 12.9. The summed E-state index contributed by atoms with van der Waals surface area (Å²) < 4.78 is 1.89. The van der Waals surface area contributed by atoms with Crippen molar-refractivity contribution in [3.8, 4) is 5.75 Å². The van der Waals surface area contributed by atoms with Gasteiger partial charge in [-0.15, -0.1) is 0 Å². The molecule has 3 aromatic rings. The molecule has 1 heterocycles. The quantitative estimate of drug-likeness (QED) is 0.348. The molecule has 0 fully saturated rings. The highest BCUT2D eigenvalue weighted by Crippen LogP contribution is 2.34. The van der Waals surface area contributed by atoms with Crippen LogP contribution in [0.5, 0.6) is 5.75 Å². The van der Waals surface area contributed by atoms with Crippen molar-refractivity contribution < 1.29 is 10.0 Å².